The van der Waals surface area contributed by atoms with Crippen molar-refractivity contribution in [2.45, 2.75) is 341 Å². The Kier molecular flexibility index (Phi) is 64.4. The smallest absolute Gasteiger partial charge is 0.462 e. The first-order valence-electron chi connectivity index (χ1n) is 36.3. The molecule has 0 aromatic heterocycles. The van der Waals surface area contributed by atoms with Crippen LogP contribution in [-0.4, -0.2) is 74.9 Å². The van der Waals surface area contributed by atoms with Crippen molar-refractivity contribution in [3.8, 4) is 0 Å². The number of likely N-dealkylation sites (N-methyl/N-ethyl adjacent to an activating group) is 1. The van der Waals surface area contributed by atoms with Crippen molar-refractivity contribution in [1.82, 2.24) is 0 Å². The molecule has 10 heteroatoms. The summed E-state index contributed by atoms with van der Waals surface area (Å²) in [6.45, 7) is 4.29. The third-order valence-electron chi connectivity index (χ3n) is 15.9. The van der Waals surface area contributed by atoms with Gasteiger partial charge in [-0.1, -0.05) is 343 Å². The molecule has 500 valence electrons. The standard InChI is InChI=1S/C76H138NO8P/c1-6-8-10-12-14-16-18-20-22-24-26-28-30-31-32-33-34-35-36-37-38-39-40-41-42-43-44-45-47-48-50-52-54-56-58-60-62-64-66-68-75(78)82-72-74(73-84-86(80,81)83-71-70-77(3,4)5)85-76(79)69-67-65-63-61-59-57-55-53-51-49-46-29-27-25-23-21-19-17-15-13-11-9-7-2/h9,11,15,17,21,23,27,29,49,51,55,57,61,63,74H,6-8,10,12-14,16,18-20,22,24-26,28,30-48,50,52-54,56,58-60,62,64-73H2,1-5H3/p+1/b11-9-,17-15-,23-21-,29-27-,51-49-,57-55-,63-61-. The molecule has 86 heavy (non-hydrogen) atoms. The van der Waals surface area contributed by atoms with E-state index in [1.165, 1.54) is 231 Å². The maximum atomic E-state index is 12.8. The van der Waals surface area contributed by atoms with Crippen molar-refractivity contribution < 1.29 is 42.1 Å². The van der Waals surface area contributed by atoms with Gasteiger partial charge < -0.3 is 18.9 Å². The van der Waals surface area contributed by atoms with E-state index < -0.39 is 26.5 Å². The van der Waals surface area contributed by atoms with Gasteiger partial charge in [0.25, 0.3) is 0 Å². The normalized spacial score (nSPS) is 13.6. The highest BCUT2D eigenvalue weighted by Gasteiger charge is 2.27. The average molecular weight is 1230 g/mol. The maximum absolute atomic E-state index is 12.8. The van der Waals surface area contributed by atoms with Crippen molar-refractivity contribution in [1.29, 1.82) is 0 Å². The molecule has 2 unspecified atom stereocenters. The molecule has 0 aliphatic carbocycles. The number of phosphoric ester groups is 1. The number of hydrogen-bond donors (Lipinski definition) is 1. The molecule has 0 spiro atoms. The molecule has 0 heterocycles. The molecule has 0 radical (unpaired) electrons. The zero-order valence-electron chi connectivity index (χ0n) is 57.0. The topological polar surface area (TPSA) is 108 Å². The van der Waals surface area contributed by atoms with E-state index in [4.69, 9.17) is 18.5 Å². The van der Waals surface area contributed by atoms with E-state index in [9.17, 15) is 19.0 Å². The number of esters is 2. The predicted octanol–water partition coefficient (Wildman–Crippen LogP) is 23.7. The highest BCUT2D eigenvalue weighted by molar-refractivity contribution is 7.47. The summed E-state index contributed by atoms with van der Waals surface area (Å²) in [5.74, 6) is -0.859. The van der Waals surface area contributed by atoms with Crippen molar-refractivity contribution in [3.63, 3.8) is 0 Å². The average Bonchev–Trinajstić information content (AvgIpc) is 3.56. The van der Waals surface area contributed by atoms with Gasteiger partial charge in [0.1, 0.15) is 19.8 Å². The molecule has 0 bridgehead atoms. The fourth-order valence-electron chi connectivity index (χ4n) is 10.4. The van der Waals surface area contributed by atoms with E-state index in [-0.39, 0.29) is 32.0 Å². The first-order chi connectivity index (χ1) is 42.0. The van der Waals surface area contributed by atoms with Gasteiger partial charge in [0.2, 0.25) is 0 Å². The molecule has 2 atom stereocenters. The Hall–Kier alpha value is -2.81. The molecule has 0 saturated heterocycles. The summed E-state index contributed by atoms with van der Waals surface area (Å²) in [5, 5.41) is 0. The maximum Gasteiger partial charge on any atom is 0.472 e. The molecule has 0 aromatic carbocycles. The van der Waals surface area contributed by atoms with Crippen LogP contribution in [0.1, 0.15) is 335 Å². The van der Waals surface area contributed by atoms with Gasteiger partial charge in [-0.2, -0.15) is 0 Å². The van der Waals surface area contributed by atoms with E-state index in [0.29, 0.717) is 23.9 Å². The summed E-state index contributed by atoms with van der Waals surface area (Å²) in [5.41, 5.74) is 0. The van der Waals surface area contributed by atoms with Crippen LogP contribution in [0.25, 0.3) is 0 Å². The number of carbonyl (C=O) groups is 2. The molecular weight excluding hydrogens is 1090 g/mol. The first kappa shape index (κ1) is 83.2. The summed E-state index contributed by atoms with van der Waals surface area (Å²) >= 11 is 0. The number of quaternary nitrogens is 1. The minimum absolute atomic E-state index is 0.0180. The van der Waals surface area contributed by atoms with E-state index in [0.717, 1.165) is 64.2 Å². The number of allylic oxidation sites excluding steroid dienone is 14. The second-order valence-corrected chi connectivity index (χ2v) is 27.1. The molecule has 0 saturated carbocycles. The quantitative estimate of drug-likeness (QED) is 0.0211. The Morgan fingerprint density at radius 1 is 0.372 bits per heavy atom. The Bertz CT molecular complexity index is 1730. The molecule has 0 aliphatic heterocycles. The summed E-state index contributed by atoms with van der Waals surface area (Å²) in [6.07, 6.45) is 91.7. The molecule has 0 fully saturated rings. The number of hydrogen-bond acceptors (Lipinski definition) is 7. The largest absolute Gasteiger partial charge is 0.472 e. The van der Waals surface area contributed by atoms with Crippen LogP contribution < -0.4 is 0 Å². The Balaban J connectivity index is 3.98. The molecule has 1 N–H and O–H groups in total. The molecule has 9 nitrogen and oxygen atoms in total. The van der Waals surface area contributed by atoms with Crippen LogP contribution in [0.5, 0.6) is 0 Å². The van der Waals surface area contributed by atoms with Crippen LogP contribution in [0.15, 0.2) is 85.1 Å². The van der Waals surface area contributed by atoms with Crippen LogP contribution in [-0.2, 0) is 32.7 Å². The Morgan fingerprint density at radius 2 is 0.663 bits per heavy atom. The SMILES string of the molecule is CC/C=C\C/C=C\C/C=C\C/C=C\C/C=C\C/C=C\C/C=C\CCCC(=O)OC(COC(=O)CCCCCCCCCCCCCCCCCCCCCCCCCCCCCCCCCCCCCCCCC)COP(=O)(O)OCC[N+](C)(C)C. The van der Waals surface area contributed by atoms with Crippen LogP contribution in [0.4, 0.5) is 0 Å². The van der Waals surface area contributed by atoms with Gasteiger partial charge in [0.05, 0.1) is 27.7 Å². The number of phosphoric acid groups is 1. The third-order valence-corrected chi connectivity index (χ3v) is 16.9. The number of unbranched alkanes of at least 4 members (excludes halogenated alkanes) is 39. The number of nitrogens with zero attached hydrogens (tertiary/aromatic N) is 1. The summed E-state index contributed by atoms with van der Waals surface area (Å²) in [7, 11) is 1.44. The van der Waals surface area contributed by atoms with Crippen molar-refractivity contribution >= 4 is 19.8 Å². The monoisotopic (exact) mass is 1230 g/mol. The summed E-state index contributed by atoms with van der Waals surface area (Å²) in [4.78, 5) is 35.8. The van der Waals surface area contributed by atoms with Crippen molar-refractivity contribution in [2.75, 3.05) is 47.5 Å². The number of carbonyl (C=O) groups excluding carboxylic acids is 2. The van der Waals surface area contributed by atoms with Crippen LogP contribution >= 0.6 is 7.82 Å². The van der Waals surface area contributed by atoms with E-state index >= 15 is 0 Å². The highest BCUT2D eigenvalue weighted by Crippen LogP contribution is 2.43. The van der Waals surface area contributed by atoms with Crippen molar-refractivity contribution in [3.05, 3.63) is 85.1 Å². The first-order valence-corrected chi connectivity index (χ1v) is 37.8. The lowest BCUT2D eigenvalue weighted by atomic mass is 10.0. The lowest BCUT2D eigenvalue weighted by molar-refractivity contribution is -0.870. The Labute approximate surface area is 532 Å². The van der Waals surface area contributed by atoms with Gasteiger partial charge >= 0.3 is 19.8 Å². The second kappa shape index (κ2) is 66.6. The summed E-state index contributed by atoms with van der Waals surface area (Å²) < 4.78 is 34.6. The van der Waals surface area contributed by atoms with Gasteiger partial charge in [-0.15, -0.1) is 0 Å². The molecule has 0 amide bonds. The van der Waals surface area contributed by atoms with Crippen LogP contribution in [0.3, 0.4) is 0 Å². The molecule has 0 rings (SSSR count). The lowest BCUT2D eigenvalue weighted by Crippen LogP contribution is -2.37. The minimum Gasteiger partial charge on any atom is -0.462 e. The van der Waals surface area contributed by atoms with Gasteiger partial charge in [-0.05, 0) is 64.2 Å². The van der Waals surface area contributed by atoms with Crippen molar-refractivity contribution in [2.24, 2.45) is 0 Å². The summed E-state index contributed by atoms with van der Waals surface area (Å²) in [6, 6.07) is 0. The molecular formula is C76H139NO8P+. The van der Waals surface area contributed by atoms with Crippen LogP contribution in [0, 0.1) is 0 Å². The minimum atomic E-state index is -4.41. The number of rotatable bonds is 67. The fraction of sp³-hybridized carbons (Fsp3) is 0.789. The van der Waals surface area contributed by atoms with Crippen LogP contribution in [0.2, 0.25) is 0 Å². The molecule has 0 aromatic rings. The highest BCUT2D eigenvalue weighted by atomic mass is 31.2. The van der Waals surface area contributed by atoms with E-state index in [2.05, 4.69) is 98.9 Å². The van der Waals surface area contributed by atoms with Gasteiger partial charge in [0, 0.05) is 12.8 Å². The van der Waals surface area contributed by atoms with Gasteiger partial charge in [-0.3, -0.25) is 18.6 Å². The lowest BCUT2D eigenvalue weighted by Gasteiger charge is -2.24. The van der Waals surface area contributed by atoms with Gasteiger partial charge in [-0.25, -0.2) is 4.57 Å². The predicted molar refractivity (Wildman–Crippen MR) is 372 cm³/mol. The van der Waals surface area contributed by atoms with Gasteiger partial charge in [0.15, 0.2) is 6.10 Å². The fourth-order valence-corrected chi connectivity index (χ4v) is 11.2. The third kappa shape index (κ3) is 70.3. The Morgan fingerprint density at radius 3 is 0.977 bits per heavy atom. The van der Waals surface area contributed by atoms with E-state index in [1.807, 2.05) is 21.1 Å². The second-order valence-electron chi connectivity index (χ2n) is 25.6. The zero-order chi connectivity index (χ0) is 62.6. The zero-order valence-corrected chi connectivity index (χ0v) is 57.9. The molecule has 0 aliphatic rings. The van der Waals surface area contributed by atoms with E-state index in [1.54, 1.807) is 0 Å². The number of ether oxygens (including phenoxy) is 2.